The van der Waals surface area contributed by atoms with E-state index >= 15 is 0 Å². The number of halogens is 1. The summed E-state index contributed by atoms with van der Waals surface area (Å²) in [4.78, 5) is 23.4. The summed E-state index contributed by atoms with van der Waals surface area (Å²) in [6.45, 7) is 0.440. The first-order chi connectivity index (χ1) is 11.1. The second-order valence-electron chi connectivity index (χ2n) is 5.90. The molecule has 1 saturated carbocycles. The second-order valence-corrected chi connectivity index (χ2v) is 5.90. The third-order valence-corrected chi connectivity index (χ3v) is 3.91. The van der Waals surface area contributed by atoms with Gasteiger partial charge in [-0.25, -0.2) is 9.18 Å². The lowest BCUT2D eigenvalue weighted by molar-refractivity contribution is -0.116. The third kappa shape index (κ3) is 6.67. The summed E-state index contributed by atoms with van der Waals surface area (Å²) in [5.74, 6) is -0.575. The fourth-order valence-electron chi connectivity index (χ4n) is 2.72. The maximum Gasteiger partial charge on any atom is 0.315 e. The Bertz CT molecular complexity index is 530. The van der Waals surface area contributed by atoms with Crippen molar-refractivity contribution in [1.82, 2.24) is 10.6 Å². The maximum atomic E-state index is 13.0. The molecular weight excluding hydrogens is 297 g/mol. The van der Waals surface area contributed by atoms with Gasteiger partial charge in [0.2, 0.25) is 5.91 Å². The van der Waals surface area contributed by atoms with Gasteiger partial charge in [0.25, 0.3) is 0 Å². The summed E-state index contributed by atoms with van der Waals surface area (Å²) in [6.07, 6.45) is 6.50. The Kier molecular flexibility index (Phi) is 6.84. The smallest absolute Gasteiger partial charge is 0.315 e. The van der Waals surface area contributed by atoms with Crippen LogP contribution in [0.3, 0.4) is 0 Å². The highest BCUT2D eigenvalue weighted by Gasteiger charge is 2.15. The predicted octanol–water partition coefficient (Wildman–Crippen LogP) is 3.18. The van der Waals surface area contributed by atoms with Gasteiger partial charge in [-0.05, 0) is 37.5 Å². The predicted molar refractivity (Wildman–Crippen MR) is 87.7 cm³/mol. The number of hydrogen-bond donors (Lipinski definition) is 3. The normalized spacial score (nSPS) is 15.0. The molecule has 1 fully saturated rings. The van der Waals surface area contributed by atoms with Crippen molar-refractivity contribution in [2.24, 2.45) is 0 Å². The van der Waals surface area contributed by atoms with Crippen molar-refractivity contribution in [3.05, 3.63) is 30.1 Å². The number of carbonyl (C=O) groups is 2. The van der Waals surface area contributed by atoms with E-state index in [1.165, 1.54) is 31.4 Å². The molecule has 3 N–H and O–H groups in total. The quantitative estimate of drug-likeness (QED) is 0.704. The Morgan fingerprint density at radius 3 is 2.70 bits per heavy atom. The van der Waals surface area contributed by atoms with Crippen LogP contribution in [0.15, 0.2) is 24.3 Å². The summed E-state index contributed by atoms with van der Waals surface area (Å²) >= 11 is 0. The minimum absolute atomic E-state index is 0.164. The number of rotatable bonds is 6. The Balaban J connectivity index is 1.57. The molecule has 0 atom stereocenters. The molecule has 1 aromatic carbocycles. The number of urea groups is 1. The van der Waals surface area contributed by atoms with Crippen LogP contribution >= 0.6 is 0 Å². The van der Waals surface area contributed by atoms with Crippen molar-refractivity contribution in [2.75, 3.05) is 11.9 Å². The lowest BCUT2D eigenvalue weighted by atomic mass is 9.96. The van der Waals surface area contributed by atoms with Gasteiger partial charge in [-0.15, -0.1) is 0 Å². The van der Waals surface area contributed by atoms with E-state index in [1.54, 1.807) is 12.1 Å². The molecule has 0 heterocycles. The Morgan fingerprint density at radius 1 is 1.17 bits per heavy atom. The summed E-state index contributed by atoms with van der Waals surface area (Å²) in [7, 11) is 0. The van der Waals surface area contributed by atoms with E-state index in [2.05, 4.69) is 16.0 Å². The van der Waals surface area contributed by atoms with Crippen molar-refractivity contribution < 1.29 is 14.0 Å². The fraction of sp³-hybridized carbons (Fsp3) is 0.529. The number of benzene rings is 1. The van der Waals surface area contributed by atoms with Crippen molar-refractivity contribution in [3.8, 4) is 0 Å². The first-order valence-electron chi connectivity index (χ1n) is 8.23. The fourth-order valence-corrected chi connectivity index (χ4v) is 2.72. The first kappa shape index (κ1) is 17.2. The molecule has 1 aliphatic rings. The van der Waals surface area contributed by atoms with Gasteiger partial charge >= 0.3 is 6.03 Å². The van der Waals surface area contributed by atoms with E-state index in [4.69, 9.17) is 0 Å². The molecule has 3 amide bonds. The van der Waals surface area contributed by atoms with Crippen LogP contribution in [0.25, 0.3) is 0 Å². The second kappa shape index (κ2) is 9.12. The number of carbonyl (C=O) groups excluding carboxylic acids is 2. The average Bonchev–Trinajstić information content (AvgIpc) is 2.52. The lowest BCUT2D eigenvalue weighted by Gasteiger charge is -2.22. The molecule has 0 spiro atoms. The van der Waals surface area contributed by atoms with E-state index in [-0.39, 0.29) is 30.2 Å². The van der Waals surface area contributed by atoms with Crippen LogP contribution in [-0.2, 0) is 4.79 Å². The van der Waals surface area contributed by atoms with Crippen LogP contribution < -0.4 is 16.0 Å². The van der Waals surface area contributed by atoms with E-state index in [1.807, 2.05) is 0 Å². The Labute approximate surface area is 136 Å². The molecule has 0 unspecified atom stereocenters. The molecule has 1 aliphatic carbocycles. The van der Waals surface area contributed by atoms with Crippen molar-refractivity contribution >= 4 is 17.6 Å². The van der Waals surface area contributed by atoms with Gasteiger partial charge in [0, 0.05) is 24.7 Å². The largest absolute Gasteiger partial charge is 0.338 e. The van der Waals surface area contributed by atoms with E-state index in [9.17, 15) is 14.0 Å². The minimum Gasteiger partial charge on any atom is -0.338 e. The number of anilines is 1. The Hall–Kier alpha value is -2.11. The van der Waals surface area contributed by atoms with Crippen molar-refractivity contribution in [1.29, 1.82) is 0 Å². The third-order valence-electron chi connectivity index (χ3n) is 3.91. The van der Waals surface area contributed by atoms with Crippen LogP contribution in [0.1, 0.15) is 44.9 Å². The summed E-state index contributed by atoms with van der Waals surface area (Å²) in [6, 6.07) is 5.89. The van der Waals surface area contributed by atoms with Crippen LogP contribution in [0.5, 0.6) is 0 Å². The van der Waals surface area contributed by atoms with Crippen LogP contribution in [0.2, 0.25) is 0 Å². The van der Waals surface area contributed by atoms with Gasteiger partial charge in [-0.1, -0.05) is 25.3 Å². The number of nitrogens with one attached hydrogen (secondary N) is 3. The van der Waals surface area contributed by atoms with Crippen LogP contribution in [-0.4, -0.2) is 24.5 Å². The van der Waals surface area contributed by atoms with E-state index < -0.39 is 0 Å². The molecule has 6 heteroatoms. The molecule has 23 heavy (non-hydrogen) atoms. The van der Waals surface area contributed by atoms with Gasteiger partial charge in [0.15, 0.2) is 0 Å². The van der Waals surface area contributed by atoms with Gasteiger partial charge in [-0.2, -0.15) is 0 Å². The van der Waals surface area contributed by atoms with Gasteiger partial charge in [0.1, 0.15) is 5.82 Å². The molecule has 0 aliphatic heterocycles. The molecule has 0 saturated heterocycles. The molecule has 0 aromatic heterocycles. The summed E-state index contributed by atoms with van der Waals surface area (Å²) < 4.78 is 13.0. The molecule has 2 rings (SSSR count). The molecule has 0 bridgehead atoms. The highest BCUT2D eigenvalue weighted by Crippen LogP contribution is 2.17. The number of amides is 3. The standard InChI is InChI=1S/C17H24FN3O2/c18-13-6-4-9-15(12-13)20-16(22)10-5-11-19-17(23)21-14-7-2-1-3-8-14/h4,6,9,12,14H,1-3,5,7-8,10-11H2,(H,20,22)(H2,19,21,23). The zero-order chi connectivity index (χ0) is 16.5. The minimum atomic E-state index is -0.385. The molecule has 126 valence electrons. The average molecular weight is 321 g/mol. The Morgan fingerprint density at radius 2 is 1.96 bits per heavy atom. The van der Waals surface area contributed by atoms with Crippen molar-refractivity contribution in [2.45, 2.75) is 51.0 Å². The summed E-state index contributed by atoms with van der Waals surface area (Å²) in [5, 5.41) is 8.36. The maximum absolute atomic E-state index is 13.0. The topological polar surface area (TPSA) is 70.2 Å². The van der Waals surface area contributed by atoms with Crippen LogP contribution in [0.4, 0.5) is 14.9 Å². The van der Waals surface area contributed by atoms with Gasteiger partial charge in [-0.3, -0.25) is 4.79 Å². The van der Waals surface area contributed by atoms with E-state index in [0.29, 0.717) is 18.7 Å². The van der Waals surface area contributed by atoms with Crippen LogP contribution in [0, 0.1) is 5.82 Å². The van der Waals surface area contributed by atoms with E-state index in [0.717, 1.165) is 12.8 Å². The zero-order valence-corrected chi connectivity index (χ0v) is 13.2. The molecular formula is C17H24FN3O2. The lowest BCUT2D eigenvalue weighted by Crippen LogP contribution is -2.43. The monoisotopic (exact) mass is 321 g/mol. The van der Waals surface area contributed by atoms with Crippen molar-refractivity contribution in [3.63, 3.8) is 0 Å². The highest BCUT2D eigenvalue weighted by molar-refractivity contribution is 5.90. The SMILES string of the molecule is O=C(CCCNC(=O)NC1CCCCC1)Nc1cccc(F)c1. The van der Waals surface area contributed by atoms with Gasteiger partial charge in [0.05, 0.1) is 0 Å². The molecule has 0 radical (unpaired) electrons. The zero-order valence-electron chi connectivity index (χ0n) is 13.2. The molecule has 5 nitrogen and oxygen atoms in total. The van der Waals surface area contributed by atoms with Gasteiger partial charge < -0.3 is 16.0 Å². The highest BCUT2D eigenvalue weighted by atomic mass is 19.1. The first-order valence-corrected chi connectivity index (χ1v) is 8.23. The number of hydrogen-bond acceptors (Lipinski definition) is 2. The summed E-state index contributed by atoms with van der Waals surface area (Å²) in [5.41, 5.74) is 0.443. The molecule has 1 aromatic rings.